The summed E-state index contributed by atoms with van der Waals surface area (Å²) in [6.45, 7) is 2.96. The summed E-state index contributed by atoms with van der Waals surface area (Å²) in [6.07, 6.45) is 1.53. The molecule has 0 saturated carbocycles. The lowest BCUT2D eigenvalue weighted by molar-refractivity contribution is -0.145. The zero-order chi connectivity index (χ0) is 30.6. The Morgan fingerprint density at radius 3 is 2.56 bits per heavy atom. The number of cyclic esters (lactones) is 1. The number of aromatic nitrogens is 4. The molecule has 2 aromatic heterocycles. The van der Waals surface area contributed by atoms with Gasteiger partial charge in [-0.1, -0.05) is 37.5 Å². The van der Waals surface area contributed by atoms with E-state index in [0.29, 0.717) is 18.5 Å². The highest BCUT2D eigenvalue weighted by atomic mass is 31.2. The SMILES string of the molecule is C[C@H]1NP(=O)(Oc2ccccc2)OC[C@H]2O[C@@H](n3cnc4c(nc(N)nc43)OCCCCCCCOC1=O)[C@](C)(O)[C@@H]2O. The maximum atomic E-state index is 13.9. The van der Waals surface area contributed by atoms with Crippen molar-refractivity contribution < 1.29 is 42.8 Å². The minimum atomic E-state index is -4.25. The van der Waals surface area contributed by atoms with Gasteiger partial charge in [0.05, 0.1) is 26.1 Å². The minimum absolute atomic E-state index is 0.0643. The molecule has 2 aliphatic rings. The third-order valence-corrected chi connectivity index (χ3v) is 8.91. The Bertz CT molecular complexity index is 1460. The number of rotatable bonds is 2. The summed E-state index contributed by atoms with van der Waals surface area (Å²) in [5.74, 6) is -0.280. The number of benzene rings is 1. The molecular formula is C27H37N6O9P. The number of carbonyl (C=O) groups excluding carboxylic acids is 1. The van der Waals surface area contributed by atoms with E-state index in [-0.39, 0.29) is 29.8 Å². The minimum Gasteiger partial charge on any atom is -0.476 e. The molecule has 0 aliphatic carbocycles. The number of hydrogen-bond acceptors (Lipinski definition) is 13. The molecular weight excluding hydrogens is 583 g/mol. The number of nitrogens with zero attached hydrogens (tertiary/aromatic N) is 4. The fourth-order valence-corrected chi connectivity index (χ4v) is 6.43. The van der Waals surface area contributed by atoms with Crippen molar-refractivity contribution in [3.63, 3.8) is 0 Å². The Labute approximate surface area is 248 Å². The van der Waals surface area contributed by atoms with Gasteiger partial charge in [0.25, 0.3) is 0 Å². The summed E-state index contributed by atoms with van der Waals surface area (Å²) in [5, 5.41) is 25.0. The van der Waals surface area contributed by atoms with Crippen LogP contribution in [-0.2, 0) is 23.4 Å². The molecule has 1 unspecified atom stereocenters. The average Bonchev–Trinajstić information content (AvgIpc) is 3.48. The number of anilines is 1. The van der Waals surface area contributed by atoms with Crippen LogP contribution in [-0.4, -0.2) is 79.4 Å². The van der Waals surface area contributed by atoms with Gasteiger partial charge in [0.2, 0.25) is 11.8 Å². The molecule has 6 bridgehead atoms. The second-order valence-corrected chi connectivity index (χ2v) is 12.4. The summed E-state index contributed by atoms with van der Waals surface area (Å²) < 4.78 is 44.0. The van der Waals surface area contributed by atoms with Crippen LogP contribution in [0.4, 0.5) is 5.95 Å². The van der Waals surface area contributed by atoms with E-state index >= 15 is 0 Å². The molecule has 5 N–H and O–H groups in total. The Hall–Kier alpha value is -3.33. The number of para-hydroxylation sites is 1. The number of nitrogens with one attached hydrogen (secondary N) is 1. The number of esters is 1. The van der Waals surface area contributed by atoms with Crippen LogP contribution in [0.3, 0.4) is 0 Å². The van der Waals surface area contributed by atoms with Crippen molar-refractivity contribution in [2.45, 2.75) is 76.0 Å². The number of aliphatic hydroxyl groups is 2. The molecule has 1 aromatic carbocycles. The van der Waals surface area contributed by atoms with Gasteiger partial charge in [-0.25, -0.2) is 9.55 Å². The number of nitrogen functional groups attached to an aromatic ring is 1. The van der Waals surface area contributed by atoms with Crippen LogP contribution in [0, 0.1) is 0 Å². The van der Waals surface area contributed by atoms with Crippen molar-refractivity contribution in [2.24, 2.45) is 0 Å². The monoisotopic (exact) mass is 620 g/mol. The number of nitrogens with two attached hydrogens (primary N) is 1. The van der Waals surface area contributed by atoms with Crippen LogP contribution in [0.15, 0.2) is 36.7 Å². The zero-order valence-corrected chi connectivity index (χ0v) is 24.9. The first-order valence-corrected chi connectivity index (χ1v) is 15.7. The number of fused-ring (bicyclic) bond motifs is 3. The number of imidazole rings is 1. The maximum Gasteiger partial charge on any atom is 0.459 e. The van der Waals surface area contributed by atoms with E-state index in [2.05, 4.69) is 20.0 Å². The predicted molar refractivity (Wildman–Crippen MR) is 153 cm³/mol. The van der Waals surface area contributed by atoms with Crippen molar-refractivity contribution in [3.05, 3.63) is 36.7 Å². The number of carbonyl (C=O) groups is 1. The Kier molecular flexibility index (Phi) is 9.49. The smallest absolute Gasteiger partial charge is 0.459 e. The number of hydrogen-bond donors (Lipinski definition) is 4. The highest BCUT2D eigenvalue weighted by Crippen LogP contribution is 2.47. The van der Waals surface area contributed by atoms with E-state index in [0.717, 1.165) is 25.7 Å². The molecule has 3 aromatic rings. The van der Waals surface area contributed by atoms with Crippen LogP contribution in [0.2, 0.25) is 0 Å². The number of aliphatic hydroxyl groups excluding tert-OH is 1. The third kappa shape index (κ3) is 7.08. The average molecular weight is 621 g/mol. The van der Waals surface area contributed by atoms with Crippen molar-refractivity contribution in [2.75, 3.05) is 25.6 Å². The van der Waals surface area contributed by atoms with E-state index in [9.17, 15) is 19.6 Å². The largest absolute Gasteiger partial charge is 0.476 e. The van der Waals surface area contributed by atoms with Crippen LogP contribution < -0.4 is 20.1 Å². The molecule has 1 saturated heterocycles. The van der Waals surface area contributed by atoms with Gasteiger partial charge in [0, 0.05) is 0 Å². The molecule has 6 atom stereocenters. The number of ether oxygens (including phenoxy) is 3. The standard InChI is InChI=1S/C27H37N6O9P/c1-17-24(35)39-14-10-5-3-4-9-13-38-23-20-22(30-26(28)31-23)33(16-29-20)25-27(2,36)21(34)19(41-25)15-40-43(37,32-17)42-18-11-7-6-8-12-18/h6-8,11-12,16-17,19,21,25,34,36H,3-5,9-10,13-15H2,1-2H3,(H,32,37)(H2,28,30,31)/t17-,19-,21-,25-,27-,43?/m1/s1. The molecule has 0 spiro atoms. The fourth-order valence-electron chi connectivity index (χ4n) is 4.93. The molecule has 4 heterocycles. The van der Waals surface area contributed by atoms with E-state index in [1.807, 2.05) is 0 Å². The lowest BCUT2D eigenvalue weighted by Crippen LogP contribution is -2.44. The highest BCUT2D eigenvalue weighted by Gasteiger charge is 2.54. The first-order valence-electron chi connectivity index (χ1n) is 14.2. The molecule has 43 heavy (non-hydrogen) atoms. The molecule has 0 radical (unpaired) electrons. The first-order chi connectivity index (χ1) is 20.6. The van der Waals surface area contributed by atoms with E-state index in [1.165, 1.54) is 24.7 Å². The van der Waals surface area contributed by atoms with Gasteiger partial charge < -0.3 is 34.7 Å². The molecule has 5 rings (SSSR count). The summed E-state index contributed by atoms with van der Waals surface area (Å²) in [4.78, 5) is 25.5. The second-order valence-electron chi connectivity index (χ2n) is 10.7. The Morgan fingerprint density at radius 1 is 1.12 bits per heavy atom. The van der Waals surface area contributed by atoms with Crippen molar-refractivity contribution >= 4 is 30.8 Å². The summed E-state index contributed by atoms with van der Waals surface area (Å²) in [7, 11) is -4.25. The van der Waals surface area contributed by atoms with E-state index in [1.54, 1.807) is 30.3 Å². The Balaban J connectivity index is 1.44. The van der Waals surface area contributed by atoms with E-state index in [4.69, 9.17) is 29.0 Å². The summed E-state index contributed by atoms with van der Waals surface area (Å²) in [6, 6.07) is 7.23. The third-order valence-electron chi connectivity index (χ3n) is 7.27. The van der Waals surface area contributed by atoms with Crippen LogP contribution >= 0.6 is 7.75 Å². The van der Waals surface area contributed by atoms with Gasteiger partial charge in [0.1, 0.15) is 29.6 Å². The van der Waals surface area contributed by atoms with Crippen molar-refractivity contribution in [1.82, 2.24) is 24.6 Å². The molecule has 0 amide bonds. The maximum absolute atomic E-state index is 13.9. The highest BCUT2D eigenvalue weighted by molar-refractivity contribution is 7.52. The predicted octanol–water partition coefficient (Wildman–Crippen LogP) is 2.49. The van der Waals surface area contributed by atoms with Crippen LogP contribution in [0.25, 0.3) is 11.2 Å². The molecule has 15 nitrogen and oxygen atoms in total. The molecule has 16 heteroatoms. The zero-order valence-electron chi connectivity index (χ0n) is 24.0. The van der Waals surface area contributed by atoms with Crippen molar-refractivity contribution in [3.8, 4) is 11.6 Å². The van der Waals surface area contributed by atoms with Gasteiger partial charge in [0.15, 0.2) is 17.4 Å². The topological polar surface area (TPSA) is 202 Å². The molecule has 1 fully saturated rings. The fraction of sp³-hybridized carbons (Fsp3) is 0.556. The van der Waals surface area contributed by atoms with E-state index < -0.39 is 50.4 Å². The van der Waals surface area contributed by atoms with Gasteiger partial charge in [-0.05, 0) is 38.8 Å². The lowest BCUT2D eigenvalue weighted by Gasteiger charge is -2.27. The summed E-state index contributed by atoms with van der Waals surface area (Å²) >= 11 is 0. The first kappa shape index (κ1) is 31.1. The lowest BCUT2D eigenvalue weighted by atomic mass is 9.96. The summed E-state index contributed by atoms with van der Waals surface area (Å²) in [5.41, 5.74) is 4.64. The van der Waals surface area contributed by atoms with Gasteiger partial charge in [-0.2, -0.15) is 15.1 Å². The van der Waals surface area contributed by atoms with Gasteiger partial charge in [-0.15, -0.1) is 0 Å². The quantitative estimate of drug-likeness (QED) is 0.240. The normalized spacial score (nSPS) is 31.5. The van der Waals surface area contributed by atoms with Crippen LogP contribution in [0.5, 0.6) is 11.6 Å². The van der Waals surface area contributed by atoms with Crippen LogP contribution in [0.1, 0.15) is 52.2 Å². The van der Waals surface area contributed by atoms with Gasteiger partial charge >= 0.3 is 13.7 Å². The Morgan fingerprint density at radius 2 is 1.81 bits per heavy atom. The van der Waals surface area contributed by atoms with Gasteiger partial charge in [-0.3, -0.25) is 13.9 Å². The second kappa shape index (κ2) is 13.1. The molecule has 234 valence electrons. The molecule has 2 aliphatic heterocycles. The van der Waals surface area contributed by atoms with Crippen molar-refractivity contribution in [1.29, 1.82) is 0 Å².